The number of hydrogen-bond donors (Lipinski definition) is 0. The largest absolute Gasteiger partial charge is 0.494 e. The molecular formula is C19H17ClN2O4S. The van der Waals surface area contributed by atoms with E-state index in [1.165, 1.54) is 11.8 Å². The summed E-state index contributed by atoms with van der Waals surface area (Å²) in [6.45, 7) is 2.48. The van der Waals surface area contributed by atoms with Gasteiger partial charge >= 0.3 is 5.97 Å². The fourth-order valence-corrected chi connectivity index (χ4v) is 3.07. The van der Waals surface area contributed by atoms with Crippen molar-refractivity contribution in [1.82, 2.24) is 10.1 Å². The molecule has 0 amide bonds. The molecule has 0 unspecified atom stereocenters. The molecule has 1 heterocycles. The molecule has 0 atom stereocenters. The lowest BCUT2D eigenvalue weighted by molar-refractivity contribution is -0.142. The Bertz CT molecular complexity index is 899. The molecule has 0 saturated carbocycles. The molecule has 1 aromatic heterocycles. The molecule has 2 aromatic carbocycles. The van der Waals surface area contributed by atoms with Gasteiger partial charge in [-0.05, 0) is 43.3 Å². The molecule has 0 aliphatic heterocycles. The summed E-state index contributed by atoms with van der Waals surface area (Å²) < 4.78 is 15.7. The number of halogens is 1. The van der Waals surface area contributed by atoms with E-state index in [4.69, 9.17) is 25.6 Å². The maximum absolute atomic E-state index is 11.9. The average molecular weight is 405 g/mol. The predicted molar refractivity (Wildman–Crippen MR) is 103 cm³/mol. The maximum Gasteiger partial charge on any atom is 0.316 e. The van der Waals surface area contributed by atoms with Gasteiger partial charge < -0.3 is 14.0 Å². The predicted octanol–water partition coefficient (Wildman–Crippen LogP) is 4.62. The zero-order valence-corrected chi connectivity index (χ0v) is 16.1. The molecule has 6 nitrogen and oxygen atoms in total. The number of esters is 1. The van der Waals surface area contributed by atoms with Crippen LogP contribution in [-0.2, 0) is 16.1 Å². The van der Waals surface area contributed by atoms with Gasteiger partial charge in [-0.1, -0.05) is 28.9 Å². The van der Waals surface area contributed by atoms with Crippen molar-refractivity contribution >= 4 is 29.3 Å². The Balaban J connectivity index is 1.46. The fraction of sp³-hybridized carbons (Fsp3) is 0.211. The van der Waals surface area contributed by atoms with Crippen LogP contribution in [0.2, 0.25) is 5.02 Å². The van der Waals surface area contributed by atoms with Gasteiger partial charge in [-0.2, -0.15) is 4.98 Å². The first-order chi connectivity index (χ1) is 13.1. The normalized spacial score (nSPS) is 10.6. The number of thioether (sulfide) groups is 1. The lowest BCUT2D eigenvalue weighted by Gasteiger charge is -2.05. The molecule has 0 bridgehead atoms. The summed E-state index contributed by atoms with van der Waals surface area (Å²) in [7, 11) is 0. The Kier molecular flexibility index (Phi) is 6.73. The van der Waals surface area contributed by atoms with E-state index in [-0.39, 0.29) is 24.2 Å². The smallest absolute Gasteiger partial charge is 0.316 e. The molecule has 0 saturated heterocycles. The van der Waals surface area contributed by atoms with E-state index in [0.29, 0.717) is 17.5 Å². The van der Waals surface area contributed by atoms with Gasteiger partial charge in [0.2, 0.25) is 5.82 Å². The minimum Gasteiger partial charge on any atom is -0.494 e. The molecule has 0 spiro atoms. The number of nitrogens with zero attached hydrogens (tertiary/aromatic N) is 2. The first-order valence-corrected chi connectivity index (χ1v) is 9.60. The zero-order valence-electron chi connectivity index (χ0n) is 14.6. The Morgan fingerprint density at radius 1 is 1.22 bits per heavy atom. The Morgan fingerprint density at radius 3 is 2.78 bits per heavy atom. The van der Waals surface area contributed by atoms with Crippen LogP contribution >= 0.6 is 23.4 Å². The molecule has 140 valence electrons. The van der Waals surface area contributed by atoms with Gasteiger partial charge in [0, 0.05) is 15.5 Å². The molecular weight excluding hydrogens is 388 g/mol. The standard InChI is InChI=1S/C19H17ClN2O4S/c1-2-24-15-6-8-16(9-7-15)27-12-18(23)25-11-17-21-19(22-26-17)13-4-3-5-14(20)10-13/h3-10H,2,11-12H2,1H3. The highest BCUT2D eigenvalue weighted by atomic mass is 35.5. The van der Waals surface area contributed by atoms with Crippen molar-refractivity contribution in [2.75, 3.05) is 12.4 Å². The summed E-state index contributed by atoms with van der Waals surface area (Å²) in [5.74, 6) is 1.24. The summed E-state index contributed by atoms with van der Waals surface area (Å²) >= 11 is 7.33. The van der Waals surface area contributed by atoms with Crippen LogP contribution < -0.4 is 4.74 Å². The van der Waals surface area contributed by atoms with Gasteiger partial charge in [-0.3, -0.25) is 4.79 Å². The van der Waals surface area contributed by atoms with Crippen LogP contribution in [-0.4, -0.2) is 28.5 Å². The highest BCUT2D eigenvalue weighted by Gasteiger charge is 2.12. The number of carbonyl (C=O) groups is 1. The van der Waals surface area contributed by atoms with Crippen molar-refractivity contribution in [3.63, 3.8) is 0 Å². The van der Waals surface area contributed by atoms with E-state index in [9.17, 15) is 4.79 Å². The van der Waals surface area contributed by atoms with E-state index in [1.807, 2.05) is 37.3 Å². The lowest BCUT2D eigenvalue weighted by Crippen LogP contribution is -2.07. The van der Waals surface area contributed by atoms with Crippen LogP contribution in [0.5, 0.6) is 5.75 Å². The van der Waals surface area contributed by atoms with Crippen molar-refractivity contribution in [3.8, 4) is 17.1 Å². The van der Waals surface area contributed by atoms with Crippen molar-refractivity contribution in [2.45, 2.75) is 18.4 Å². The van der Waals surface area contributed by atoms with Gasteiger partial charge in [0.05, 0.1) is 12.4 Å². The van der Waals surface area contributed by atoms with Crippen molar-refractivity contribution in [1.29, 1.82) is 0 Å². The van der Waals surface area contributed by atoms with Gasteiger partial charge in [-0.15, -0.1) is 11.8 Å². The van der Waals surface area contributed by atoms with Crippen molar-refractivity contribution in [2.24, 2.45) is 0 Å². The van der Waals surface area contributed by atoms with Crippen LogP contribution in [0.3, 0.4) is 0 Å². The van der Waals surface area contributed by atoms with Crippen molar-refractivity contribution in [3.05, 3.63) is 59.4 Å². The van der Waals surface area contributed by atoms with E-state index < -0.39 is 0 Å². The van der Waals surface area contributed by atoms with Gasteiger partial charge in [0.1, 0.15) is 5.75 Å². The molecule has 3 rings (SSSR count). The first kappa shape index (κ1) is 19.3. The van der Waals surface area contributed by atoms with E-state index in [0.717, 1.165) is 16.2 Å². The van der Waals surface area contributed by atoms with Crippen molar-refractivity contribution < 1.29 is 18.8 Å². The molecule has 0 aliphatic carbocycles. The van der Waals surface area contributed by atoms with Crippen LogP contribution in [0, 0.1) is 0 Å². The molecule has 0 N–H and O–H groups in total. The molecule has 8 heteroatoms. The van der Waals surface area contributed by atoms with Gasteiger partial charge in [0.25, 0.3) is 5.89 Å². The lowest BCUT2D eigenvalue weighted by atomic mass is 10.2. The molecule has 3 aromatic rings. The SMILES string of the molecule is CCOc1ccc(SCC(=O)OCc2nc(-c3cccc(Cl)c3)no2)cc1. The maximum atomic E-state index is 11.9. The van der Waals surface area contributed by atoms with Crippen LogP contribution in [0.15, 0.2) is 57.9 Å². The minimum absolute atomic E-state index is 0.0732. The third kappa shape index (κ3) is 5.74. The van der Waals surface area contributed by atoms with E-state index >= 15 is 0 Å². The third-order valence-corrected chi connectivity index (χ3v) is 4.62. The summed E-state index contributed by atoms with van der Waals surface area (Å²) in [5.41, 5.74) is 0.731. The Hall–Kier alpha value is -2.51. The second kappa shape index (κ2) is 9.43. The average Bonchev–Trinajstić information content (AvgIpc) is 3.15. The van der Waals surface area contributed by atoms with Gasteiger partial charge in [0.15, 0.2) is 6.61 Å². The second-order valence-electron chi connectivity index (χ2n) is 5.38. The number of carbonyl (C=O) groups excluding carboxylic acids is 1. The number of benzene rings is 2. The number of hydrogen-bond acceptors (Lipinski definition) is 7. The van der Waals surface area contributed by atoms with Crippen LogP contribution in [0.25, 0.3) is 11.4 Å². The monoisotopic (exact) mass is 404 g/mol. The third-order valence-electron chi connectivity index (χ3n) is 3.40. The Labute approximate surface area is 165 Å². The summed E-state index contributed by atoms with van der Waals surface area (Å²) in [6.07, 6.45) is 0. The molecule has 27 heavy (non-hydrogen) atoms. The van der Waals surface area contributed by atoms with Gasteiger partial charge in [-0.25, -0.2) is 0 Å². The fourth-order valence-electron chi connectivity index (χ4n) is 2.18. The van der Waals surface area contributed by atoms with Crippen LogP contribution in [0.1, 0.15) is 12.8 Å². The van der Waals surface area contributed by atoms with E-state index in [1.54, 1.807) is 18.2 Å². The van der Waals surface area contributed by atoms with Crippen LogP contribution in [0.4, 0.5) is 0 Å². The summed E-state index contributed by atoms with van der Waals surface area (Å²) in [4.78, 5) is 17.1. The minimum atomic E-state index is -0.364. The highest BCUT2D eigenvalue weighted by molar-refractivity contribution is 8.00. The number of aromatic nitrogens is 2. The quantitative estimate of drug-likeness (QED) is 0.400. The highest BCUT2D eigenvalue weighted by Crippen LogP contribution is 2.22. The summed E-state index contributed by atoms with van der Waals surface area (Å²) in [6, 6.07) is 14.6. The first-order valence-electron chi connectivity index (χ1n) is 8.24. The molecule has 0 fully saturated rings. The zero-order chi connectivity index (χ0) is 19.1. The number of rotatable bonds is 8. The summed E-state index contributed by atoms with van der Waals surface area (Å²) in [5, 5.41) is 4.45. The topological polar surface area (TPSA) is 74.5 Å². The molecule has 0 aliphatic rings. The second-order valence-corrected chi connectivity index (χ2v) is 6.86. The van der Waals surface area contributed by atoms with E-state index in [2.05, 4.69) is 10.1 Å². The number of ether oxygens (including phenoxy) is 2. The Morgan fingerprint density at radius 2 is 2.04 bits per heavy atom. The molecule has 0 radical (unpaired) electrons.